The van der Waals surface area contributed by atoms with Crippen molar-refractivity contribution in [2.75, 3.05) is 6.54 Å². The Bertz CT molecular complexity index is 252. The molecule has 0 aromatic heterocycles. The number of nitrogens with zero attached hydrogens (tertiary/aromatic N) is 1. The summed E-state index contributed by atoms with van der Waals surface area (Å²) in [5.74, 6) is 1.46. The van der Waals surface area contributed by atoms with E-state index in [0.29, 0.717) is 12.0 Å². The molecule has 1 aliphatic heterocycles. The van der Waals surface area contributed by atoms with Crippen molar-refractivity contribution in [2.24, 2.45) is 17.6 Å². The van der Waals surface area contributed by atoms with Crippen LogP contribution in [0.5, 0.6) is 0 Å². The van der Waals surface area contributed by atoms with Crippen LogP contribution in [-0.4, -0.2) is 29.4 Å². The van der Waals surface area contributed by atoms with Gasteiger partial charge in [0, 0.05) is 12.6 Å². The number of hydrogen-bond donors (Lipinski definition) is 1. The van der Waals surface area contributed by atoms with Gasteiger partial charge in [0.25, 0.3) is 0 Å². The maximum Gasteiger partial charge on any atom is 0.239 e. The van der Waals surface area contributed by atoms with E-state index in [4.69, 9.17) is 5.73 Å². The Kier molecular flexibility index (Phi) is 3.01. The topological polar surface area (TPSA) is 46.3 Å². The zero-order valence-electron chi connectivity index (χ0n) is 9.78. The molecule has 2 unspecified atom stereocenters. The first kappa shape index (κ1) is 10.9. The molecule has 0 spiro atoms. The molecule has 1 aliphatic carbocycles. The molecule has 0 aromatic carbocycles. The Labute approximate surface area is 92.0 Å². The Morgan fingerprint density at radius 2 is 2.20 bits per heavy atom. The summed E-state index contributed by atoms with van der Waals surface area (Å²) in [7, 11) is 0. The summed E-state index contributed by atoms with van der Waals surface area (Å²) in [6.07, 6.45) is 4.55. The molecule has 3 heteroatoms. The van der Waals surface area contributed by atoms with E-state index in [-0.39, 0.29) is 11.9 Å². The van der Waals surface area contributed by atoms with Crippen LogP contribution in [-0.2, 0) is 4.79 Å². The lowest BCUT2D eigenvalue weighted by atomic mass is 10.0. The summed E-state index contributed by atoms with van der Waals surface area (Å²) in [6.45, 7) is 5.20. The van der Waals surface area contributed by atoms with Crippen LogP contribution < -0.4 is 5.73 Å². The van der Waals surface area contributed by atoms with Crippen molar-refractivity contribution in [3.8, 4) is 0 Å². The zero-order chi connectivity index (χ0) is 11.0. The Morgan fingerprint density at radius 3 is 2.67 bits per heavy atom. The number of carbonyl (C=O) groups is 1. The fourth-order valence-electron chi connectivity index (χ4n) is 3.02. The fourth-order valence-corrected chi connectivity index (χ4v) is 3.02. The average molecular weight is 210 g/mol. The molecule has 3 nitrogen and oxygen atoms in total. The van der Waals surface area contributed by atoms with Crippen LogP contribution >= 0.6 is 0 Å². The largest absolute Gasteiger partial charge is 0.338 e. The van der Waals surface area contributed by atoms with Gasteiger partial charge in [0.05, 0.1) is 6.04 Å². The summed E-state index contributed by atoms with van der Waals surface area (Å²) in [5.41, 5.74) is 5.94. The van der Waals surface area contributed by atoms with Crippen molar-refractivity contribution in [3.63, 3.8) is 0 Å². The molecule has 2 N–H and O–H groups in total. The number of rotatable bonds is 3. The molecular formula is C12H22N2O. The van der Waals surface area contributed by atoms with Crippen molar-refractivity contribution in [2.45, 2.75) is 51.6 Å². The highest BCUT2D eigenvalue weighted by Crippen LogP contribution is 2.37. The van der Waals surface area contributed by atoms with Crippen LogP contribution in [0, 0.1) is 11.8 Å². The van der Waals surface area contributed by atoms with E-state index in [1.807, 2.05) is 4.90 Å². The molecule has 0 aromatic rings. The van der Waals surface area contributed by atoms with Crippen molar-refractivity contribution in [1.82, 2.24) is 4.90 Å². The minimum atomic E-state index is -0.274. The Hall–Kier alpha value is -0.570. The summed E-state index contributed by atoms with van der Waals surface area (Å²) in [5, 5.41) is 0. The van der Waals surface area contributed by atoms with E-state index in [1.165, 1.54) is 19.3 Å². The van der Waals surface area contributed by atoms with Gasteiger partial charge in [-0.15, -0.1) is 0 Å². The van der Waals surface area contributed by atoms with Gasteiger partial charge in [0.2, 0.25) is 5.91 Å². The van der Waals surface area contributed by atoms with Gasteiger partial charge in [-0.2, -0.15) is 0 Å². The van der Waals surface area contributed by atoms with Gasteiger partial charge in [-0.1, -0.05) is 13.8 Å². The number of amides is 1. The van der Waals surface area contributed by atoms with E-state index in [1.54, 1.807) is 0 Å². The minimum Gasteiger partial charge on any atom is -0.338 e. The molecule has 2 aliphatic rings. The number of carbonyl (C=O) groups excluding carboxylic acids is 1. The first-order valence-electron chi connectivity index (χ1n) is 6.14. The molecule has 1 amide bonds. The van der Waals surface area contributed by atoms with Crippen molar-refractivity contribution < 1.29 is 4.79 Å². The van der Waals surface area contributed by atoms with Gasteiger partial charge < -0.3 is 10.6 Å². The van der Waals surface area contributed by atoms with Gasteiger partial charge >= 0.3 is 0 Å². The van der Waals surface area contributed by atoms with Crippen LogP contribution in [0.2, 0.25) is 0 Å². The smallest absolute Gasteiger partial charge is 0.239 e. The summed E-state index contributed by atoms with van der Waals surface area (Å²) < 4.78 is 0. The first-order chi connectivity index (χ1) is 7.08. The fraction of sp³-hybridized carbons (Fsp3) is 0.917. The van der Waals surface area contributed by atoms with Gasteiger partial charge in [-0.05, 0) is 37.5 Å². The highest BCUT2D eigenvalue weighted by Gasteiger charge is 2.41. The second-order valence-corrected chi connectivity index (χ2v) is 5.56. The lowest BCUT2D eigenvalue weighted by Gasteiger charge is -2.29. The molecule has 86 valence electrons. The predicted molar refractivity (Wildman–Crippen MR) is 60.3 cm³/mol. The van der Waals surface area contributed by atoms with E-state index in [2.05, 4.69) is 13.8 Å². The molecule has 0 radical (unpaired) electrons. The van der Waals surface area contributed by atoms with E-state index in [9.17, 15) is 4.79 Å². The molecular weight excluding hydrogens is 188 g/mol. The number of fused-ring (bicyclic) bond motifs is 2. The number of piperidine rings is 1. The van der Waals surface area contributed by atoms with Crippen molar-refractivity contribution in [3.05, 3.63) is 0 Å². The van der Waals surface area contributed by atoms with Crippen LogP contribution in [0.15, 0.2) is 0 Å². The average Bonchev–Trinajstić information content (AvgIpc) is 2.76. The molecule has 3 atom stereocenters. The van der Waals surface area contributed by atoms with Gasteiger partial charge in [-0.3, -0.25) is 4.79 Å². The molecule has 1 saturated carbocycles. The maximum atomic E-state index is 12.1. The summed E-state index contributed by atoms with van der Waals surface area (Å²) in [4.78, 5) is 14.1. The van der Waals surface area contributed by atoms with Crippen LogP contribution in [0.4, 0.5) is 0 Å². The molecule has 2 rings (SSSR count). The summed E-state index contributed by atoms with van der Waals surface area (Å²) in [6, 6.07) is 0.241. The Morgan fingerprint density at radius 1 is 1.47 bits per heavy atom. The molecule has 2 bridgehead atoms. The third kappa shape index (κ3) is 2.17. The predicted octanol–water partition coefficient (Wildman–Crippen LogP) is 1.37. The molecule has 15 heavy (non-hydrogen) atoms. The number of nitrogens with two attached hydrogens (primary N) is 1. The second kappa shape index (κ2) is 4.12. The van der Waals surface area contributed by atoms with Gasteiger partial charge in [-0.25, -0.2) is 0 Å². The van der Waals surface area contributed by atoms with E-state index in [0.717, 1.165) is 18.9 Å². The van der Waals surface area contributed by atoms with Crippen LogP contribution in [0.3, 0.4) is 0 Å². The monoisotopic (exact) mass is 210 g/mol. The lowest BCUT2D eigenvalue weighted by Crippen LogP contribution is -2.47. The van der Waals surface area contributed by atoms with Gasteiger partial charge in [0.15, 0.2) is 0 Å². The highest BCUT2D eigenvalue weighted by molar-refractivity contribution is 5.82. The molecule has 1 heterocycles. The highest BCUT2D eigenvalue weighted by atomic mass is 16.2. The maximum absolute atomic E-state index is 12.1. The second-order valence-electron chi connectivity index (χ2n) is 5.56. The number of hydrogen-bond acceptors (Lipinski definition) is 2. The SMILES string of the molecule is CC(C)C[C@H](N)C(=O)N1CC2CCC1C2. The minimum absolute atomic E-state index is 0.191. The van der Waals surface area contributed by atoms with Crippen molar-refractivity contribution >= 4 is 5.91 Å². The quantitative estimate of drug-likeness (QED) is 0.764. The Balaban J connectivity index is 1.91. The van der Waals surface area contributed by atoms with Crippen molar-refractivity contribution in [1.29, 1.82) is 0 Å². The normalized spacial score (nSPS) is 31.3. The number of likely N-dealkylation sites (tertiary alicyclic amines) is 1. The van der Waals surface area contributed by atoms with E-state index < -0.39 is 0 Å². The lowest BCUT2D eigenvalue weighted by molar-refractivity contribution is -0.134. The summed E-state index contributed by atoms with van der Waals surface area (Å²) >= 11 is 0. The van der Waals surface area contributed by atoms with Crippen LogP contribution in [0.1, 0.15) is 39.5 Å². The third-order valence-electron chi connectivity index (χ3n) is 3.73. The first-order valence-corrected chi connectivity index (χ1v) is 6.14. The zero-order valence-corrected chi connectivity index (χ0v) is 9.78. The van der Waals surface area contributed by atoms with Crippen LogP contribution in [0.25, 0.3) is 0 Å². The standard InChI is InChI=1S/C12H22N2O/c1-8(2)5-11(13)12(15)14-7-9-3-4-10(14)6-9/h8-11H,3-7,13H2,1-2H3/t9?,10?,11-/m0/s1. The van der Waals surface area contributed by atoms with Gasteiger partial charge in [0.1, 0.15) is 0 Å². The molecule has 2 fully saturated rings. The third-order valence-corrected chi connectivity index (χ3v) is 3.73. The van der Waals surface area contributed by atoms with E-state index >= 15 is 0 Å². The molecule has 1 saturated heterocycles.